The van der Waals surface area contributed by atoms with Crippen molar-refractivity contribution in [3.05, 3.63) is 0 Å². The highest BCUT2D eigenvalue weighted by Crippen LogP contribution is 2.61. The Bertz CT molecular complexity index is 866. The van der Waals surface area contributed by atoms with E-state index >= 15 is 0 Å². The number of hydrogen-bond donors (Lipinski definition) is 10. The first-order valence-corrected chi connectivity index (χ1v) is 9.24. The lowest BCUT2D eigenvalue weighted by atomic mass is 9.73. The highest BCUT2D eigenvalue weighted by molar-refractivity contribution is 14.1. The van der Waals surface area contributed by atoms with Crippen LogP contribution >= 0.6 is 22.6 Å². The molecule has 0 aromatic rings. The Balaban J connectivity index is 2.27. The predicted molar refractivity (Wildman–Crippen MR) is 116 cm³/mol. The molecule has 3 aliphatic rings. The van der Waals surface area contributed by atoms with Crippen molar-refractivity contribution < 1.29 is 9.47 Å². The van der Waals surface area contributed by atoms with Gasteiger partial charge in [-0.25, -0.2) is 15.0 Å². The van der Waals surface area contributed by atoms with E-state index in [1.165, 1.54) is 22.6 Å². The smallest absolute Gasteiger partial charge is 0.310 e. The second kappa shape index (κ2) is 5.61. The van der Waals surface area contributed by atoms with Crippen molar-refractivity contribution in [1.29, 1.82) is 0 Å². The summed E-state index contributed by atoms with van der Waals surface area (Å²) in [6.45, 7) is 10.1. The molecule has 0 bridgehead atoms. The minimum atomic E-state index is -2.51. The maximum Gasteiger partial charge on any atom is 0.321 e. The zero-order chi connectivity index (χ0) is 23.4. The van der Waals surface area contributed by atoms with Crippen LogP contribution in [0.1, 0.15) is 0 Å². The number of rotatable bonds is 5. The minimum absolute atomic E-state index is 1.53. The Morgan fingerprint density at radius 2 is 1.17 bits per heavy atom. The first-order valence-electron chi connectivity index (χ1n) is 8.16. The summed E-state index contributed by atoms with van der Waals surface area (Å²) in [5.74, 6) is -4.22. The minimum Gasteiger partial charge on any atom is -0.310 e. The van der Waals surface area contributed by atoms with Crippen LogP contribution in [0.25, 0.3) is 0 Å². The monoisotopic (exact) mass is 539 g/mol. The molecular formula is C12H26IN15O2. The molecule has 2 saturated heterocycles. The summed E-state index contributed by atoms with van der Waals surface area (Å²) in [5, 5.41) is 7.48. The molecule has 2 fully saturated rings. The van der Waals surface area contributed by atoms with Gasteiger partial charge in [-0.05, 0) is 20.2 Å². The third kappa shape index (κ3) is 1.84. The van der Waals surface area contributed by atoms with E-state index in [1.54, 1.807) is 0 Å². The van der Waals surface area contributed by atoms with Crippen molar-refractivity contribution in [2.24, 2.45) is 82.5 Å². The van der Waals surface area contributed by atoms with Crippen LogP contribution in [0.15, 0.2) is 25.2 Å². The largest absolute Gasteiger partial charge is 0.321 e. The maximum atomic E-state index is 6.55. The van der Waals surface area contributed by atoms with Gasteiger partial charge in [0.1, 0.15) is 5.66 Å². The van der Waals surface area contributed by atoms with Gasteiger partial charge in [0.15, 0.2) is 26.3 Å². The van der Waals surface area contributed by atoms with Gasteiger partial charge in [0.05, 0.1) is 0 Å². The fourth-order valence-electron chi connectivity index (χ4n) is 3.84. The van der Waals surface area contributed by atoms with Gasteiger partial charge in [-0.15, -0.1) is 5.11 Å². The molecule has 0 radical (unpaired) electrons. The molecule has 3 aliphatic heterocycles. The molecule has 0 spiro atoms. The van der Waals surface area contributed by atoms with Crippen molar-refractivity contribution in [2.45, 2.75) is 49.3 Å². The Morgan fingerprint density at radius 1 is 0.700 bits per heavy atom. The van der Waals surface area contributed by atoms with Gasteiger partial charge in [-0.1, -0.05) is 22.6 Å². The van der Waals surface area contributed by atoms with Crippen LogP contribution in [0, 0.1) is 0 Å². The molecule has 0 amide bonds. The van der Waals surface area contributed by atoms with E-state index in [2.05, 4.69) is 45.4 Å². The van der Waals surface area contributed by atoms with Crippen LogP contribution in [0.5, 0.6) is 0 Å². The van der Waals surface area contributed by atoms with E-state index in [-0.39, 0.29) is 0 Å². The first kappa shape index (κ1) is 23.5. The Kier molecular flexibility index (Phi) is 4.40. The van der Waals surface area contributed by atoms with E-state index < -0.39 is 49.3 Å². The number of alkyl halides is 1. The van der Waals surface area contributed by atoms with Gasteiger partial charge >= 0.3 is 5.85 Å². The lowest BCUT2D eigenvalue weighted by Gasteiger charge is -2.55. The zero-order valence-corrected chi connectivity index (χ0v) is 18.0. The fraction of sp³-hybridized carbons (Fsp3) is 0.750. The van der Waals surface area contributed by atoms with Gasteiger partial charge < -0.3 is 49.6 Å². The number of nitrogens with two attached hydrogens (primary N) is 10. The fourth-order valence-corrected chi connectivity index (χ4v) is 4.96. The summed E-state index contributed by atoms with van der Waals surface area (Å²) in [6.07, 6.45) is 0. The third-order valence-electron chi connectivity index (χ3n) is 6.25. The molecule has 0 aliphatic carbocycles. The van der Waals surface area contributed by atoms with E-state index in [0.717, 1.165) is 0 Å². The van der Waals surface area contributed by atoms with Crippen molar-refractivity contribution in [2.75, 3.05) is 0 Å². The van der Waals surface area contributed by atoms with Gasteiger partial charge in [-0.2, -0.15) is 5.11 Å². The van der Waals surface area contributed by atoms with Crippen molar-refractivity contribution in [3.63, 3.8) is 0 Å². The molecule has 17 nitrogen and oxygen atoms in total. The summed E-state index contributed by atoms with van der Waals surface area (Å²) >= 11 is 1.53. The number of aliphatic imine (C=N–C) groups is 3. The second-order valence-corrected chi connectivity index (χ2v) is 9.35. The lowest BCUT2D eigenvalue weighted by Crippen LogP contribution is -2.96. The van der Waals surface area contributed by atoms with Crippen LogP contribution in [0.4, 0.5) is 0 Å². The third-order valence-corrected chi connectivity index (χ3v) is 7.86. The van der Waals surface area contributed by atoms with Crippen LogP contribution in [-0.4, -0.2) is 69.5 Å². The number of halogens is 1. The number of nitrogens with zero attached hydrogens (tertiary/aromatic N) is 5. The molecule has 18 heteroatoms. The Hall–Kier alpha value is -1.14. The van der Waals surface area contributed by atoms with E-state index in [9.17, 15) is 0 Å². The Labute approximate surface area is 184 Å². The summed E-state index contributed by atoms with van der Waals surface area (Å²) in [5.41, 5.74) is 49.2. The molecule has 0 aromatic heterocycles. The SMILES string of the molecule is C=NC1(N=C)OC(N)(C(N)(I)C2(N)OC3(N=C)N=NC3(N)C2(N)N)C(N)(N)C1(N)N. The average molecular weight is 539 g/mol. The first-order chi connectivity index (χ1) is 13.3. The highest BCUT2D eigenvalue weighted by Gasteiger charge is 2.90. The second-order valence-electron chi connectivity index (χ2n) is 7.65. The van der Waals surface area contributed by atoms with Crippen molar-refractivity contribution in [1.82, 2.24) is 0 Å². The standard InChI is InChI=1S/C12H26IN15O2/c1-24-11(25-2)6(17,18)5(15,16)9(22,29-11)4(13,14)10(23)7(19,20)8(21)12(26-3,30-10)28-27-8/h1-3,14-23H2. The zero-order valence-electron chi connectivity index (χ0n) is 15.8. The van der Waals surface area contributed by atoms with Crippen LogP contribution in [-0.2, 0) is 9.47 Å². The molecule has 0 aromatic carbocycles. The number of fused-ring (bicyclic) bond motifs is 1. The molecular weight excluding hydrogens is 513 g/mol. The molecule has 30 heavy (non-hydrogen) atoms. The Morgan fingerprint density at radius 3 is 1.47 bits per heavy atom. The van der Waals surface area contributed by atoms with Gasteiger partial charge in [0.2, 0.25) is 5.66 Å². The summed E-state index contributed by atoms with van der Waals surface area (Å²) in [6, 6.07) is 0. The van der Waals surface area contributed by atoms with Crippen molar-refractivity contribution >= 4 is 42.7 Å². The molecule has 5 unspecified atom stereocenters. The lowest BCUT2D eigenvalue weighted by molar-refractivity contribution is -0.201. The number of ether oxygens (including phenoxy) is 2. The molecule has 20 N–H and O–H groups in total. The van der Waals surface area contributed by atoms with E-state index in [4.69, 9.17) is 66.8 Å². The van der Waals surface area contributed by atoms with Crippen LogP contribution in [0.2, 0.25) is 0 Å². The predicted octanol–water partition coefficient (Wildman–Crippen LogP) is -6.18. The van der Waals surface area contributed by atoms with Crippen molar-refractivity contribution in [3.8, 4) is 0 Å². The molecule has 0 saturated carbocycles. The molecule has 3 heterocycles. The summed E-state index contributed by atoms with van der Waals surface area (Å²) in [7, 11) is 0. The van der Waals surface area contributed by atoms with Crippen LogP contribution < -0.4 is 57.3 Å². The number of azo groups is 1. The molecule has 168 valence electrons. The topological polar surface area (TPSA) is 340 Å². The van der Waals surface area contributed by atoms with Gasteiger partial charge in [-0.3, -0.25) is 17.2 Å². The maximum absolute atomic E-state index is 6.55. The van der Waals surface area contributed by atoms with E-state index in [1.807, 2.05) is 0 Å². The number of hydrogen-bond acceptors (Lipinski definition) is 17. The van der Waals surface area contributed by atoms with Crippen LogP contribution in [0.3, 0.4) is 0 Å². The molecule has 3 rings (SSSR count). The summed E-state index contributed by atoms with van der Waals surface area (Å²) < 4.78 is 9.26. The highest BCUT2D eigenvalue weighted by atomic mass is 127. The molecule has 5 atom stereocenters. The van der Waals surface area contributed by atoms with E-state index in [0.29, 0.717) is 0 Å². The normalized spacial score (nSPS) is 46.4. The summed E-state index contributed by atoms with van der Waals surface area (Å²) in [4.78, 5) is 11.1. The quantitative estimate of drug-likeness (QED) is 0.0513. The van der Waals surface area contributed by atoms with Gasteiger partial charge in [0.25, 0.3) is 5.85 Å². The van der Waals surface area contributed by atoms with Gasteiger partial charge in [0, 0.05) is 0 Å². The average Bonchev–Trinajstić information content (AvgIpc) is 2.84.